The summed E-state index contributed by atoms with van der Waals surface area (Å²) < 4.78 is 5.09. The van der Waals surface area contributed by atoms with Crippen molar-refractivity contribution in [3.63, 3.8) is 0 Å². The van der Waals surface area contributed by atoms with E-state index in [2.05, 4.69) is 18.3 Å². The van der Waals surface area contributed by atoms with Crippen molar-refractivity contribution in [1.82, 2.24) is 0 Å². The van der Waals surface area contributed by atoms with Gasteiger partial charge in [-0.1, -0.05) is 6.92 Å². The highest BCUT2D eigenvalue weighted by Gasteiger charge is 2.24. The number of ether oxygens (including phenoxy) is 1. The first-order valence-electron chi connectivity index (χ1n) is 6.78. The SMILES string of the molecule is CC1CCc2c(sc(NC(=O)COCCN)c2C#N)C1. The number of nitrogens with two attached hydrogens (primary N) is 1. The minimum atomic E-state index is -0.235. The molecule has 1 aromatic rings. The van der Waals surface area contributed by atoms with Crippen LogP contribution in [0.1, 0.15) is 29.3 Å². The molecule has 0 spiro atoms. The Bertz CT molecular complexity index is 533. The second-order valence-corrected chi connectivity index (χ2v) is 6.16. The van der Waals surface area contributed by atoms with E-state index in [9.17, 15) is 10.1 Å². The van der Waals surface area contributed by atoms with Crippen LogP contribution in [0.4, 0.5) is 5.00 Å². The molecule has 1 atom stereocenters. The molecule has 0 fully saturated rings. The molecule has 0 saturated heterocycles. The molecule has 0 aliphatic heterocycles. The molecule has 1 aliphatic carbocycles. The second kappa shape index (κ2) is 6.84. The van der Waals surface area contributed by atoms with Gasteiger partial charge in [-0.3, -0.25) is 4.79 Å². The number of thiophene rings is 1. The Balaban J connectivity index is 2.09. The first-order valence-corrected chi connectivity index (χ1v) is 7.59. The number of fused-ring (bicyclic) bond motifs is 1. The molecule has 0 radical (unpaired) electrons. The van der Waals surface area contributed by atoms with Crippen molar-refractivity contribution in [3.8, 4) is 6.07 Å². The van der Waals surface area contributed by atoms with Crippen LogP contribution >= 0.6 is 11.3 Å². The molecule has 1 amide bonds. The van der Waals surface area contributed by atoms with E-state index in [1.54, 1.807) is 0 Å². The summed E-state index contributed by atoms with van der Waals surface area (Å²) in [5.74, 6) is 0.408. The summed E-state index contributed by atoms with van der Waals surface area (Å²) in [6.45, 7) is 2.94. The molecule has 1 aliphatic rings. The molecule has 1 heterocycles. The van der Waals surface area contributed by atoms with E-state index in [0.717, 1.165) is 24.8 Å². The van der Waals surface area contributed by atoms with Crippen molar-refractivity contribution in [1.29, 1.82) is 5.26 Å². The van der Waals surface area contributed by atoms with Gasteiger partial charge in [-0.2, -0.15) is 5.26 Å². The van der Waals surface area contributed by atoms with Crippen LogP contribution in [0.5, 0.6) is 0 Å². The Kier molecular flexibility index (Phi) is 5.12. The van der Waals surface area contributed by atoms with Crippen LogP contribution in [0.15, 0.2) is 0 Å². The summed E-state index contributed by atoms with van der Waals surface area (Å²) in [7, 11) is 0. The van der Waals surface area contributed by atoms with Crippen LogP contribution in [-0.2, 0) is 22.4 Å². The standard InChI is InChI=1S/C14H19N3O2S/c1-9-2-3-10-11(7-16)14(20-12(10)6-9)17-13(18)8-19-5-4-15/h9H,2-6,8,15H2,1H3,(H,17,18). The number of nitrogens with one attached hydrogen (secondary N) is 1. The summed E-state index contributed by atoms with van der Waals surface area (Å²) in [5.41, 5.74) is 7.04. The number of nitrogens with zero attached hydrogens (tertiary/aromatic N) is 1. The Morgan fingerprint density at radius 3 is 3.15 bits per heavy atom. The van der Waals surface area contributed by atoms with Crippen molar-refractivity contribution < 1.29 is 9.53 Å². The first-order chi connectivity index (χ1) is 9.65. The first kappa shape index (κ1) is 15.0. The molecule has 0 saturated carbocycles. The van der Waals surface area contributed by atoms with E-state index in [4.69, 9.17) is 10.5 Å². The minimum Gasteiger partial charge on any atom is -0.370 e. The quantitative estimate of drug-likeness (QED) is 0.808. The fourth-order valence-electron chi connectivity index (χ4n) is 2.37. The zero-order chi connectivity index (χ0) is 14.5. The molecule has 108 valence electrons. The smallest absolute Gasteiger partial charge is 0.251 e. The third-order valence-electron chi connectivity index (χ3n) is 3.37. The summed E-state index contributed by atoms with van der Waals surface area (Å²) in [4.78, 5) is 13.0. The van der Waals surface area contributed by atoms with Crippen molar-refractivity contribution in [2.75, 3.05) is 25.1 Å². The lowest BCUT2D eigenvalue weighted by Crippen LogP contribution is -2.20. The van der Waals surface area contributed by atoms with Gasteiger partial charge in [0.15, 0.2) is 0 Å². The maximum Gasteiger partial charge on any atom is 0.251 e. The van der Waals surface area contributed by atoms with Crippen molar-refractivity contribution in [2.24, 2.45) is 11.7 Å². The van der Waals surface area contributed by atoms with Gasteiger partial charge in [0.2, 0.25) is 0 Å². The molecule has 3 N–H and O–H groups in total. The number of hydrogen-bond acceptors (Lipinski definition) is 5. The van der Waals surface area contributed by atoms with E-state index >= 15 is 0 Å². The molecular formula is C14H19N3O2S. The van der Waals surface area contributed by atoms with Crippen molar-refractivity contribution >= 4 is 22.2 Å². The summed E-state index contributed by atoms with van der Waals surface area (Å²) >= 11 is 1.52. The number of carbonyl (C=O) groups excluding carboxylic acids is 1. The zero-order valence-electron chi connectivity index (χ0n) is 11.6. The van der Waals surface area contributed by atoms with Gasteiger partial charge in [0.05, 0.1) is 12.2 Å². The second-order valence-electron chi connectivity index (χ2n) is 5.06. The van der Waals surface area contributed by atoms with Crippen LogP contribution in [-0.4, -0.2) is 25.7 Å². The summed E-state index contributed by atoms with van der Waals surface area (Å²) in [5, 5.41) is 12.8. The predicted molar refractivity (Wildman–Crippen MR) is 78.7 cm³/mol. The van der Waals surface area contributed by atoms with E-state index in [0.29, 0.717) is 29.6 Å². The third-order valence-corrected chi connectivity index (χ3v) is 4.54. The van der Waals surface area contributed by atoms with Crippen LogP contribution in [0.25, 0.3) is 0 Å². The molecule has 20 heavy (non-hydrogen) atoms. The molecule has 1 aromatic heterocycles. The maximum absolute atomic E-state index is 11.8. The number of hydrogen-bond donors (Lipinski definition) is 2. The summed E-state index contributed by atoms with van der Waals surface area (Å²) in [6.07, 6.45) is 3.02. The van der Waals surface area contributed by atoms with Crippen molar-refractivity contribution in [3.05, 3.63) is 16.0 Å². The van der Waals surface area contributed by atoms with Gasteiger partial charge in [0.25, 0.3) is 5.91 Å². The fourth-order valence-corrected chi connectivity index (χ4v) is 3.75. The van der Waals surface area contributed by atoms with Crippen LogP contribution in [0, 0.1) is 17.2 Å². The van der Waals surface area contributed by atoms with Gasteiger partial charge in [0.1, 0.15) is 17.7 Å². The molecule has 0 bridgehead atoms. The van der Waals surface area contributed by atoms with Crippen LogP contribution < -0.4 is 11.1 Å². The third kappa shape index (κ3) is 3.37. The highest BCUT2D eigenvalue weighted by molar-refractivity contribution is 7.16. The molecule has 1 unspecified atom stereocenters. The minimum absolute atomic E-state index is 0.0267. The van der Waals surface area contributed by atoms with E-state index in [1.807, 2.05) is 0 Å². The topological polar surface area (TPSA) is 88.1 Å². The molecule has 2 rings (SSSR count). The van der Waals surface area contributed by atoms with Gasteiger partial charge in [0, 0.05) is 11.4 Å². The lowest BCUT2D eigenvalue weighted by molar-refractivity contribution is -0.120. The predicted octanol–water partition coefficient (Wildman–Crippen LogP) is 1.66. The number of carbonyl (C=O) groups is 1. The Morgan fingerprint density at radius 1 is 1.65 bits per heavy atom. The maximum atomic E-state index is 11.8. The average Bonchev–Trinajstić information content (AvgIpc) is 2.75. The molecular weight excluding hydrogens is 274 g/mol. The lowest BCUT2D eigenvalue weighted by atomic mass is 9.89. The zero-order valence-corrected chi connectivity index (χ0v) is 12.4. The Labute approximate surface area is 122 Å². The van der Waals surface area contributed by atoms with Crippen molar-refractivity contribution in [2.45, 2.75) is 26.2 Å². The Hall–Kier alpha value is -1.42. The van der Waals surface area contributed by atoms with E-state index in [-0.39, 0.29) is 12.5 Å². The lowest BCUT2D eigenvalue weighted by Gasteiger charge is -2.17. The average molecular weight is 293 g/mol. The number of anilines is 1. The number of rotatable bonds is 5. The fraction of sp³-hybridized carbons (Fsp3) is 0.571. The number of amides is 1. The van der Waals surface area contributed by atoms with Crippen LogP contribution in [0.2, 0.25) is 0 Å². The summed E-state index contributed by atoms with van der Waals surface area (Å²) in [6, 6.07) is 2.23. The normalized spacial score (nSPS) is 17.4. The highest BCUT2D eigenvalue weighted by atomic mass is 32.1. The highest BCUT2D eigenvalue weighted by Crippen LogP contribution is 2.39. The number of nitriles is 1. The van der Waals surface area contributed by atoms with Gasteiger partial charge >= 0.3 is 0 Å². The largest absolute Gasteiger partial charge is 0.370 e. The van der Waals surface area contributed by atoms with Gasteiger partial charge in [-0.25, -0.2) is 0 Å². The van der Waals surface area contributed by atoms with Gasteiger partial charge in [-0.05, 0) is 30.7 Å². The Morgan fingerprint density at radius 2 is 2.45 bits per heavy atom. The molecule has 0 aromatic carbocycles. The monoisotopic (exact) mass is 293 g/mol. The van der Waals surface area contributed by atoms with Crippen LogP contribution in [0.3, 0.4) is 0 Å². The van der Waals surface area contributed by atoms with Gasteiger partial charge in [-0.15, -0.1) is 11.3 Å². The van der Waals surface area contributed by atoms with E-state index < -0.39 is 0 Å². The van der Waals surface area contributed by atoms with E-state index in [1.165, 1.54) is 16.2 Å². The molecule has 5 nitrogen and oxygen atoms in total. The molecule has 6 heteroatoms. The van der Waals surface area contributed by atoms with Gasteiger partial charge < -0.3 is 15.8 Å².